The molecule has 2 spiro atoms. The number of rotatable bonds is 4. The topological polar surface area (TPSA) is 143 Å². The molecule has 0 aromatic heterocycles. The molecule has 4 aromatic rings. The molecule has 260 valence electrons. The molecule has 9 nitrogen and oxygen atoms in total. The summed E-state index contributed by atoms with van der Waals surface area (Å²) in [5.41, 5.74) is 2.17. The summed E-state index contributed by atoms with van der Waals surface area (Å²) in [6.45, 7) is 0. The standard InChI is InChI=1S/C34H14Br8O9/c35-17-1-11(2-18(36)29(17)45)15-9-25(43)49-33(15)27(13-5-21(39)31(47)22(40)6-13)28(14-7-23(41)32(48)24(42)8-14)34(51-33)16(10-26(44)50-34)12-3-19(37)30(46)20(38)4-12/h1-10,45-48H/t33-,34-/m0/s1. The molecule has 4 aromatic carbocycles. The molecule has 17 heteroatoms. The first-order valence-electron chi connectivity index (χ1n) is 14.1. The van der Waals surface area contributed by atoms with Crippen molar-refractivity contribution >= 4 is 162 Å². The molecule has 3 heterocycles. The van der Waals surface area contributed by atoms with Crippen molar-refractivity contribution in [1.29, 1.82) is 0 Å². The van der Waals surface area contributed by atoms with E-state index in [0.717, 1.165) is 0 Å². The van der Waals surface area contributed by atoms with E-state index in [0.29, 0.717) is 22.3 Å². The quantitative estimate of drug-likeness (QED) is 0.147. The molecule has 4 N–H and O–H groups in total. The monoisotopic (exact) mass is 1200 g/mol. The summed E-state index contributed by atoms with van der Waals surface area (Å²) < 4.78 is 21.7. The lowest BCUT2D eigenvalue weighted by molar-refractivity contribution is -0.232. The summed E-state index contributed by atoms with van der Waals surface area (Å²) in [4.78, 5) is 27.2. The van der Waals surface area contributed by atoms with Gasteiger partial charge in [-0.15, -0.1) is 0 Å². The zero-order valence-corrected chi connectivity index (χ0v) is 37.3. The van der Waals surface area contributed by atoms with E-state index in [9.17, 15) is 30.0 Å². The van der Waals surface area contributed by atoms with Crippen molar-refractivity contribution < 1.29 is 44.2 Å². The van der Waals surface area contributed by atoms with Gasteiger partial charge in [0, 0.05) is 34.4 Å². The van der Waals surface area contributed by atoms with E-state index in [-0.39, 0.29) is 81.1 Å². The molecular formula is C34H14Br8O9. The first-order chi connectivity index (χ1) is 24.0. The summed E-state index contributed by atoms with van der Waals surface area (Å²) in [7, 11) is 0. The van der Waals surface area contributed by atoms with Crippen molar-refractivity contribution in [2.24, 2.45) is 0 Å². The molecule has 7 rings (SSSR count). The van der Waals surface area contributed by atoms with Gasteiger partial charge in [0.05, 0.1) is 35.8 Å². The van der Waals surface area contributed by atoms with Crippen molar-refractivity contribution in [2.75, 3.05) is 0 Å². The number of hydrogen-bond acceptors (Lipinski definition) is 9. The fourth-order valence-electron chi connectivity index (χ4n) is 6.11. The van der Waals surface area contributed by atoms with E-state index in [1.165, 1.54) is 12.2 Å². The third-order valence-electron chi connectivity index (χ3n) is 8.18. The number of esters is 2. The van der Waals surface area contributed by atoms with Crippen LogP contribution < -0.4 is 0 Å². The van der Waals surface area contributed by atoms with Gasteiger partial charge >= 0.3 is 11.9 Å². The Morgan fingerprint density at radius 2 is 0.647 bits per heavy atom. The second-order valence-corrected chi connectivity index (χ2v) is 18.0. The van der Waals surface area contributed by atoms with Crippen LogP contribution in [0, 0.1) is 0 Å². The van der Waals surface area contributed by atoms with Crippen molar-refractivity contribution in [3.05, 3.63) is 119 Å². The molecule has 0 saturated heterocycles. The SMILES string of the molecule is O=C1C=C(c2cc(Br)c(O)c(Br)c2)[C@]2(O1)O[C@]1(OC(=O)C=C1c1cc(Br)c(O)c(Br)c1)C(c1cc(Br)c(O)c(Br)c1)=C2c1cc(Br)c(O)c(Br)c1. The number of hydrogen-bond donors (Lipinski definition) is 4. The minimum atomic E-state index is -2.16. The molecular weight excluding hydrogens is 1190 g/mol. The Hall–Kier alpha value is -1.96. The lowest BCUT2D eigenvalue weighted by Gasteiger charge is -2.34. The maximum Gasteiger partial charge on any atom is 0.334 e. The summed E-state index contributed by atoms with van der Waals surface area (Å²) in [5, 5.41) is 42.7. The van der Waals surface area contributed by atoms with E-state index >= 15 is 0 Å². The van der Waals surface area contributed by atoms with Gasteiger partial charge in [-0.2, -0.15) is 0 Å². The van der Waals surface area contributed by atoms with Crippen LogP contribution in [0.5, 0.6) is 23.0 Å². The molecule has 3 aliphatic heterocycles. The van der Waals surface area contributed by atoms with Gasteiger partial charge in [0.15, 0.2) is 0 Å². The highest BCUT2D eigenvalue weighted by molar-refractivity contribution is 9.12. The average Bonchev–Trinajstić information content (AvgIpc) is 3.67. The number of carbonyl (C=O) groups excluding carboxylic acids is 2. The Kier molecular flexibility index (Phi) is 9.82. The highest BCUT2D eigenvalue weighted by atomic mass is 79.9. The highest BCUT2D eigenvalue weighted by Gasteiger charge is 2.67. The normalized spacial score (nSPS) is 21.1. The Morgan fingerprint density at radius 3 is 0.902 bits per heavy atom. The maximum atomic E-state index is 13.6. The van der Waals surface area contributed by atoms with Crippen LogP contribution in [0.25, 0.3) is 22.3 Å². The minimum Gasteiger partial charge on any atom is -0.506 e. The first-order valence-corrected chi connectivity index (χ1v) is 20.4. The van der Waals surface area contributed by atoms with Crippen LogP contribution in [0.1, 0.15) is 22.3 Å². The van der Waals surface area contributed by atoms with Crippen LogP contribution in [-0.2, 0) is 23.8 Å². The zero-order chi connectivity index (χ0) is 36.9. The van der Waals surface area contributed by atoms with E-state index in [4.69, 9.17) is 14.2 Å². The van der Waals surface area contributed by atoms with Crippen molar-refractivity contribution in [1.82, 2.24) is 0 Å². The molecule has 0 saturated carbocycles. The zero-order valence-electron chi connectivity index (χ0n) is 24.6. The summed E-state index contributed by atoms with van der Waals surface area (Å²) in [5.74, 6) is -6.34. The first kappa shape index (κ1) is 37.4. The number of phenols is 4. The largest absolute Gasteiger partial charge is 0.506 e. The number of aromatic hydroxyl groups is 4. The van der Waals surface area contributed by atoms with Crippen LogP contribution in [0.2, 0.25) is 0 Å². The second-order valence-electron chi connectivity index (χ2n) is 11.2. The molecule has 0 fully saturated rings. The summed E-state index contributed by atoms with van der Waals surface area (Å²) in [6, 6.07) is 12.6. The van der Waals surface area contributed by atoms with Crippen LogP contribution in [0.15, 0.2) is 96.5 Å². The van der Waals surface area contributed by atoms with E-state index < -0.39 is 23.5 Å². The third-order valence-corrected chi connectivity index (χ3v) is 13.0. The van der Waals surface area contributed by atoms with Gasteiger partial charge in [0.1, 0.15) is 23.0 Å². The average molecular weight is 1210 g/mol. The Labute approximate surface area is 355 Å². The van der Waals surface area contributed by atoms with Gasteiger partial charge < -0.3 is 29.9 Å². The predicted octanol–water partition coefficient (Wildman–Crippen LogP) is 11.2. The van der Waals surface area contributed by atoms with Crippen molar-refractivity contribution in [2.45, 2.75) is 11.6 Å². The molecule has 0 bridgehead atoms. The van der Waals surface area contributed by atoms with E-state index in [2.05, 4.69) is 127 Å². The smallest absolute Gasteiger partial charge is 0.334 e. The molecule has 51 heavy (non-hydrogen) atoms. The number of ether oxygens (including phenoxy) is 3. The number of phenolic OH excluding ortho intramolecular Hbond substituents is 4. The van der Waals surface area contributed by atoms with Gasteiger partial charge in [-0.3, -0.25) is 4.74 Å². The number of benzene rings is 4. The number of carbonyl (C=O) groups is 2. The van der Waals surface area contributed by atoms with Crippen LogP contribution in [-0.4, -0.2) is 43.9 Å². The number of halogens is 8. The van der Waals surface area contributed by atoms with Crippen LogP contribution in [0.3, 0.4) is 0 Å². The maximum absolute atomic E-state index is 13.6. The Bertz CT molecular complexity index is 2130. The third kappa shape index (κ3) is 6.02. The highest BCUT2D eigenvalue weighted by Crippen LogP contribution is 2.65. The summed E-state index contributed by atoms with van der Waals surface area (Å²) in [6.07, 6.45) is 2.48. The molecule has 0 aliphatic carbocycles. The van der Waals surface area contributed by atoms with Crippen molar-refractivity contribution in [3.63, 3.8) is 0 Å². The lowest BCUT2D eigenvalue weighted by Crippen LogP contribution is -2.41. The van der Waals surface area contributed by atoms with Crippen LogP contribution >= 0.6 is 127 Å². The molecule has 2 atom stereocenters. The van der Waals surface area contributed by atoms with E-state index in [1.807, 2.05) is 0 Å². The fourth-order valence-corrected chi connectivity index (χ4v) is 10.9. The van der Waals surface area contributed by atoms with Gasteiger partial charge in [0.2, 0.25) is 0 Å². The fraction of sp³-hybridized carbons (Fsp3) is 0.0588. The lowest BCUT2D eigenvalue weighted by atomic mass is 9.81. The molecule has 0 unspecified atom stereocenters. The van der Waals surface area contributed by atoms with Gasteiger partial charge in [-0.05, 0) is 198 Å². The second kappa shape index (κ2) is 13.4. The molecule has 0 amide bonds. The Morgan fingerprint density at radius 1 is 0.412 bits per heavy atom. The van der Waals surface area contributed by atoms with E-state index in [1.54, 1.807) is 48.5 Å². The van der Waals surface area contributed by atoms with Gasteiger partial charge in [0.25, 0.3) is 11.6 Å². The molecule has 3 aliphatic rings. The molecule has 0 radical (unpaired) electrons. The minimum absolute atomic E-state index is 0.0949. The Balaban J connectivity index is 1.67. The van der Waals surface area contributed by atoms with Gasteiger partial charge in [-0.25, -0.2) is 9.59 Å². The summed E-state index contributed by atoms with van der Waals surface area (Å²) >= 11 is 27.2. The van der Waals surface area contributed by atoms with Gasteiger partial charge in [-0.1, -0.05) is 0 Å². The van der Waals surface area contributed by atoms with Crippen molar-refractivity contribution in [3.8, 4) is 23.0 Å². The predicted molar refractivity (Wildman–Crippen MR) is 216 cm³/mol. The van der Waals surface area contributed by atoms with Crippen LogP contribution in [0.4, 0.5) is 0 Å².